The van der Waals surface area contributed by atoms with Crippen LogP contribution in [0.4, 0.5) is 5.13 Å². The van der Waals surface area contributed by atoms with Crippen molar-refractivity contribution in [2.45, 2.75) is 56.9 Å². The molecule has 2 aliphatic rings. The average molecular weight is 491 g/mol. The smallest absolute Gasteiger partial charge is 0.253 e. The Labute approximate surface area is 199 Å². The molecule has 4 rings (SSSR count). The van der Waals surface area contributed by atoms with Crippen LogP contribution >= 0.6 is 11.3 Å². The lowest BCUT2D eigenvalue weighted by Crippen LogP contribution is -2.42. The molecule has 33 heavy (non-hydrogen) atoms. The third-order valence-electron chi connectivity index (χ3n) is 6.45. The minimum absolute atomic E-state index is 0.0109. The van der Waals surface area contributed by atoms with Gasteiger partial charge >= 0.3 is 0 Å². The van der Waals surface area contributed by atoms with E-state index in [1.807, 2.05) is 19.2 Å². The normalized spacial score (nSPS) is 20.5. The van der Waals surface area contributed by atoms with E-state index < -0.39 is 10.0 Å². The Morgan fingerprint density at radius 3 is 2.36 bits per heavy atom. The molecule has 178 valence electrons. The van der Waals surface area contributed by atoms with Crippen LogP contribution in [0.5, 0.6) is 0 Å². The predicted octanol–water partition coefficient (Wildman–Crippen LogP) is 3.51. The number of likely N-dealkylation sites (tertiary alicyclic amines) is 1. The fourth-order valence-electron chi connectivity index (χ4n) is 4.48. The molecular formula is C23H30N4O4S2. The van der Waals surface area contributed by atoms with Crippen LogP contribution in [0, 0.1) is 12.8 Å². The number of thiazole rings is 1. The molecular weight excluding hydrogens is 460 g/mol. The van der Waals surface area contributed by atoms with Gasteiger partial charge in [0, 0.05) is 42.5 Å². The average Bonchev–Trinajstić information content (AvgIpc) is 3.23. The molecule has 2 aromatic rings. The van der Waals surface area contributed by atoms with Crippen LogP contribution in [0.25, 0.3) is 0 Å². The number of aryl methyl sites for hydroxylation is 1. The van der Waals surface area contributed by atoms with Crippen molar-refractivity contribution in [1.82, 2.24) is 14.2 Å². The number of aromatic nitrogens is 1. The van der Waals surface area contributed by atoms with Crippen LogP contribution in [0.3, 0.4) is 0 Å². The van der Waals surface area contributed by atoms with Gasteiger partial charge in [0.05, 0.1) is 10.6 Å². The molecule has 1 N–H and O–H groups in total. The summed E-state index contributed by atoms with van der Waals surface area (Å²) in [5.41, 5.74) is 1.33. The maximum atomic E-state index is 13.0. The largest absolute Gasteiger partial charge is 0.339 e. The third kappa shape index (κ3) is 5.28. The molecule has 1 aromatic heterocycles. The molecule has 0 radical (unpaired) electrons. The number of piperidine rings is 2. The van der Waals surface area contributed by atoms with Gasteiger partial charge in [-0.3, -0.25) is 9.59 Å². The van der Waals surface area contributed by atoms with Crippen molar-refractivity contribution in [2.24, 2.45) is 5.92 Å². The fourth-order valence-corrected chi connectivity index (χ4v) is 6.87. The molecule has 1 unspecified atom stereocenters. The number of rotatable bonds is 5. The van der Waals surface area contributed by atoms with Gasteiger partial charge < -0.3 is 10.2 Å². The van der Waals surface area contributed by atoms with Crippen molar-refractivity contribution in [3.05, 3.63) is 40.9 Å². The first-order chi connectivity index (χ1) is 15.8. The number of anilines is 1. The lowest BCUT2D eigenvalue weighted by molar-refractivity contribution is -0.121. The molecule has 0 spiro atoms. The van der Waals surface area contributed by atoms with E-state index in [-0.39, 0.29) is 28.7 Å². The van der Waals surface area contributed by atoms with Gasteiger partial charge in [-0.1, -0.05) is 6.42 Å². The highest BCUT2D eigenvalue weighted by atomic mass is 32.2. The van der Waals surface area contributed by atoms with Crippen LogP contribution in [0.15, 0.2) is 34.5 Å². The van der Waals surface area contributed by atoms with Gasteiger partial charge in [0.2, 0.25) is 15.9 Å². The molecule has 2 aliphatic heterocycles. The molecule has 2 amide bonds. The number of nitrogens with one attached hydrogen (secondary N) is 1. The van der Waals surface area contributed by atoms with Crippen LogP contribution in [0.2, 0.25) is 0 Å². The highest BCUT2D eigenvalue weighted by Gasteiger charge is 2.32. The Bertz CT molecular complexity index is 1110. The standard InChI is InChI=1S/C23H30N4O4S2/c1-16-15-32-23(24-16)25-21(28)18-10-13-26(14-11-18)22(29)19-6-8-20(9-7-19)33(30,31)27-12-4-3-5-17(27)2/h6-9,15,17-18H,3-5,10-14H2,1-2H3,(H,24,25,28). The quantitative estimate of drug-likeness (QED) is 0.691. The number of carbonyl (C=O) groups is 2. The van der Waals surface area contributed by atoms with Crippen molar-refractivity contribution in [3.8, 4) is 0 Å². The minimum Gasteiger partial charge on any atom is -0.339 e. The van der Waals surface area contributed by atoms with Crippen LogP contribution in [-0.4, -0.2) is 60.1 Å². The van der Waals surface area contributed by atoms with Crippen molar-refractivity contribution in [3.63, 3.8) is 0 Å². The number of hydrogen-bond donors (Lipinski definition) is 1. The number of sulfonamides is 1. The maximum Gasteiger partial charge on any atom is 0.253 e. The summed E-state index contributed by atoms with van der Waals surface area (Å²) in [6.07, 6.45) is 3.96. The zero-order chi connectivity index (χ0) is 23.6. The highest BCUT2D eigenvalue weighted by Crippen LogP contribution is 2.26. The summed E-state index contributed by atoms with van der Waals surface area (Å²) in [4.78, 5) is 31.7. The summed E-state index contributed by atoms with van der Waals surface area (Å²) < 4.78 is 27.6. The van der Waals surface area contributed by atoms with Crippen molar-refractivity contribution < 1.29 is 18.0 Å². The van der Waals surface area contributed by atoms with Gasteiger partial charge in [0.25, 0.3) is 5.91 Å². The molecule has 0 bridgehead atoms. The topological polar surface area (TPSA) is 99.7 Å². The molecule has 0 saturated carbocycles. The van der Waals surface area contributed by atoms with E-state index in [9.17, 15) is 18.0 Å². The van der Waals surface area contributed by atoms with E-state index in [0.717, 1.165) is 25.0 Å². The first-order valence-corrected chi connectivity index (χ1v) is 13.7. The van der Waals surface area contributed by atoms with E-state index >= 15 is 0 Å². The zero-order valence-electron chi connectivity index (χ0n) is 19.0. The van der Waals surface area contributed by atoms with Crippen LogP contribution in [-0.2, 0) is 14.8 Å². The Kier molecular flexibility index (Phi) is 7.16. The summed E-state index contributed by atoms with van der Waals surface area (Å²) in [7, 11) is -3.56. The summed E-state index contributed by atoms with van der Waals surface area (Å²) >= 11 is 1.40. The zero-order valence-corrected chi connectivity index (χ0v) is 20.6. The molecule has 0 aliphatic carbocycles. The Hall–Kier alpha value is -2.30. The Balaban J connectivity index is 1.35. The summed E-state index contributed by atoms with van der Waals surface area (Å²) in [6, 6.07) is 6.23. The van der Waals surface area contributed by atoms with E-state index in [1.54, 1.807) is 21.3 Å². The van der Waals surface area contributed by atoms with Crippen LogP contribution < -0.4 is 5.32 Å². The maximum absolute atomic E-state index is 13.0. The predicted molar refractivity (Wildman–Crippen MR) is 128 cm³/mol. The monoisotopic (exact) mass is 490 g/mol. The summed E-state index contributed by atoms with van der Waals surface area (Å²) in [5.74, 6) is -0.352. The molecule has 10 heteroatoms. The Morgan fingerprint density at radius 2 is 1.76 bits per heavy atom. The van der Waals surface area contributed by atoms with Crippen LogP contribution in [0.1, 0.15) is 55.1 Å². The molecule has 2 saturated heterocycles. The van der Waals surface area contributed by atoms with Crippen molar-refractivity contribution in [2.75, 3.05) is 25.0 Å². The third-order valence-corrected chi connectivity index (χ3v) is 9.36. The van der Waals surface area contributed by atoms with Gasteiger partial charge in [0.15, 0.2) is 5.13 Å². The second-order valence-corrected chi connectivity index (χ2v) is 11.6. The number of amides is 2. The first-order valence-electron chi connectivity index (χ1n) is 11.4. The number of carbonyl (C=O) groups excluding carboxylic acids is 2. The highest BCUT2D eigenvalue weighted by molar-refractivity contribution is 7.89. The van der Waals surface area contributed by atoms with Gasteiger partial charge in [-0.15, -0.1) is 11.3 Å². The Morgan fingerprint density at radius 1 is 1.06 bits per heavy atom. The van der Waals surface area contributed by atoms with Crippen molar-refractivity contribution >= 4 is 38.3 Å². The number of nitrogens with zero attached hydrogens (tertiary/aromatic N) is 3. The molecule has 2 fully saturated rings. The van der Waals surface area contributed by atoms with E-state index in [0.29, 0.717) is 43.2 Å². The van der Waals surface area contributed by atoms with E-state index in [4.69, 9.17) is 0 Å². The van der Waals surface area contributed by atoms with Gasteiger partial charge in [-0.25, -0.2) is 13.4 Å². The fraction of sp³-hybridized carbons (Fsp3) is 0.522. The van der Waals surface area contributed by atoms with Gasteiger partial charge in [0.1, 0.15) is 0 Å². The molecule has 8 nitrogen and oxygen atoms in total. The second kappa shape index (κ2) is 9.90. The SMILES string of the molecule is Cc1csc(NC(=O)C2CCN(C(=O)c3ccc(S(=O)(=O)N4CCCCC4C)cc3)CC2)n1. The number of hydrogen-bond acceptors (Lipinski definition) is 6. The lowest BCUT2D eigenvalue weighted by Gasteiger charge is -2.32. The van der Waals surface area contributed by atoms with Gasteiger partial charge in [-0.05, 0) is 63.8 Å². The second-order valence-electron chi connectivity index (χ2n) is 8.83. The number of benzene rings is 1. The summed E-state index contributed by atoms with van der Waals surface area (Å²) in [5, 5.41) is 5.35. The van der Waals surface area contributed by atoms with Crippen molar-refractivity contribution in [1.29, 1.82) is 0 Å². The minimum atomic E-state index is -3.56. The molecule has 1 aromatic carbocycles. The first kappa shape index (κ1) is 23.8. The lowest BCUT2D eigenvalue weighted by atomic mass is 9.95. The summed E-state index contributed by atoms with van der Waals surface area (Å²) in [6.45, 7) is 5.33. The molecule has 3 heterocycles. The van der Waals surface area contributed by atoms with E-state index in [1.165, 1.54) is 23.5 Å². The molecule has 1 atom stereocenters. The van der Waals surface area contributed by atoms with Gasteiger partial charge in [-0.2, -0.15) is 4.31 Å². The van der Waals surface area contributed by atoms with E-state index in [2.05, 4.69) is 10.3 Å².